The van der Waals surface area contributed by atoms with E-state index in [1.54, 1.807) is 37.5 Å². The molecule has 2 aromatic carbocycles. The number of hydrogen-bond donors (Lipinski definition) is 2. The Balaban J connectivity index is 1.85. The van der Waals surface area contributed by atoms with Crippen molar-refractivity contribution in [3.05, 3.63) is 71.3 Å². The van der Waals surface area contributed by atoms with E-state index >= 15 is 0 Å². The maximum Gasteiger partial charge on any atom is 0.269 e. The Morgan fingerprint density at radius 1 is 1.00 bits per heavy atom. The molecule has 0 aromatic heterocycles. The van der Waals surface area contributed by atoms with Crippen molar-refractivity contribution in [1.29, 1.82) is 0 Å². The highest BCUT2D eigenvalue weighted by Crippen LogP contribution is 2.12. The Bertz CT molecular complexity index is 719. The van der Waals surface area contributed by atoms with Crippen LogP contribution in [0.25, 0.3) is 6.08 Å². The summed E-state index contributed by atoms with van der Waals surface area (Å²) in [7, 11) is 1.59. The SMILES string of the molecule is CCc1ccc(C(=O)NNC(=O)/C=C/c2ccc(OC)cc2)cc1. The molecule has 0 bridgehead atoms. The lowest BCUT2D eigenvalue weighted by atomic mass is 10.1. The minimum atomic E-state index is -0.413. The second kappa shape index (κ2) is 8.53. The van der Waals surface area contributed by atoms with Gasteiger partial charge >= 0.3 is 0 Å². The molecule has 0 unspecified atom stereocenters. The molecule has 0 aliphatic rings. The van der Waals surface area contributed by atoms with Crippen LogP contribution < -0.4 is 15.6 Å². The summed E-state index contributed by atoms with van der Waals surface area (Å²) in [5, 5.41) is 0. The standard InChI is InChI=1S/C19H20N2O3/c1-3-14-4-9-16(10-5-14)19(23)21-20-18(22)13-8-15-6-11-17(24-2)12-7-15/h4-13H,3H2,1-2H3,(H,20,22)(H,21,23)/b13-8+. The smallest absolute Gasteiger partial charge is 0.269 e. The first-order valence-corrected chi connectivity index (χ1v) is 7.63. The molecule has 0 heterocycles. The fraction of sp³-hybridized carbons (Fsp3) is 0.158. The largest absolute Gasteiger partial charge is 0.497 e. The monoisotopic (exact) mass is 324 g/mol. The number of hydrazine groups is 1. The van der Waals surface area contributed by atoms with Gasteiger partial charge in [0, 0.05) is 11.6 Å². The van der Waals surface area contributed by atoms with Crippen LogP contribution in [0.1, 0.15) is 28.4 Å². The van der Waals surface area contributed by atoms with Gasteiger partial charge in [0.25, 0.3) is 11.8 Å². The number of carbonyl (C=O) groups excluding carboxylic acids is 2. The van der Waals surface area contributed by atoms with Gasteiger partial charge in [-0.15, -0.1) is 0 Å². The molecule has 0 saturated carbocycles. The van der Waals surface area contributed by atoms with Gasteiger partial charge in [0.15, 0.2) is 0 Å². The van der Waals surface area contributed by atoms with E-state index in [2.05, 4.69) is 10.9 Å². The first-order chi connectivity index (χ1) is 11.6. The van der Waals surface area contributed by atoms with E-state index in [0.29, 0.717) is 5.56 Å². The summed E-state index contributed by atoms with van der Waals surface area (Å²) in [6, 6.07) is 14.5. The van der Waals surface area contributed by atoms with E-state index in [0.717, 1.165) is 23.3 Å². The number of benzene rings is 2. The van der Waals surface area contributed by atoms with Crippen molar-refractivity contribution in [3.63, 3.8) is 0 Å². The third-order valence-corrected chi connectivity index (χ3v) is 3.47. The molecule has 0 atom stereocenters. The number of aryl methyl sites for hydroxylation is 1. The Kier molecular flexibility index (Phi) is 6.14. The summed E-state index contributed by atoms with van der Waals surface area (Å²) in [4.78, 5) is 23.7. The molecule has 0 aliphatic heterocycles. The van der Waals surface area contributed by atoms with Crippen LogP contribution in [0.3, 0.4) is 0 Å². The average Bonchev–Trinajstić information content (AvgIpc) is 2.64. The van der Waals surface area contributed by atoms with Crippen LogP contribution in [-0.2, 0) is 11.2 Å². The van der Waals surface area contributed by atoms with Gasteiger partial charge in [-0.25, -0.2) is 0 Å². The van der Waals surface area contributed by atoms with Crippen molar-refractivity contribution < 1.29 is 14.3 Å². The van der Waals surface area contributed by atoms with Crippen LogP contribution in [0.5, 0.6) is 5.75 Å². The van der Waals surface area contributed by atoms with Crippen LogP contribution in [0.15, 0.2) is 54.6 Å². The highest BCUT2D eigenvalue weighted by molar-refractivity contribution is 5.97. The van der Waals surface area contributed by atoms with Gasteiger partial charge in [-0.1, -0.05) is 31.2 Å². The zero-order chi connectivity index (χ0) is 17.4. The van der Waals surface area contributed by atoms with Gasteiger partial charge in [-0.05, 0) is 47.9 Å². The third-order valence-electron chi connectivity index (χ3n) is 3.47. The van der Waals surface area contributed by atoms with Crippen molar-refractivity contribution in [2.24, 2.45) is 0 Å². The van der Waals surface area contributed by atoms with Gasteiger partial charge in [0.05, 0.1) is 7.11 Å². The highest BCUT2D eigenvalue weighted by Gasteiger charge is 2.05. The Morgan fingerprint density at radius 2 is 1.67 bits per heavy atom. The maximum atomic E-state index is 11.9. The summed E-state index contributed by atoms with van der Waals surface area (Å²) in [6.07, 6.45) is 3.91. The quantitative estimate of drug-likeness (QED) is 0.656. The van der Waals surface area contributed by atoms with E-state index in [4.69, 9.17) is 4.74 Å². The molecule has 24 heavy (non-hydrogen) atoms. The lowest BCUT2D eigenvalue weighted by Crippen LogP contribution is -2.40. The number of hydrogen-bond acceptors (Lipinski definition) is 3. The minimum Gasteiger partial charge on any atom is -0.497 e. The molecule has 124 valence electrons. The van der Waals surface area contributed by atoms with Crippen molar-refractivity contribution in [1.82, 2.24) is 10.9 Å². The van der Waals surface area contributed by atoms with Gasteiger partial charge in [0.1, 0.15) is 5.75 Å². The van der Waals surface area contributed by atoms with Gasteiger partial charge in [-0.2, -0.15) is 0 Å². The van der Waals surface area contributed by atoms with Gasteiger partial charge in [-0.3, -0.25) is 20.4 Å². The zero-order valence-corrected chi connectivity index (χ0v) is 13.7. The number of methoxy groups -OCH3 is 1. The second-order valence-corrected chi connectivity index (χ2v) is 5.10. The van der Waals surface area contributed by atoms with E-state index in [1.165, 1.54) is 6.08 Å². The molecule has 2 rings (SSSR count). The third kappa shape index (κ3) is 4.98. The fourth-order valence-corrected chi connectivity index (χ4v) is 2.01. The second-order valence-electron chi connectivity index (χ2n) is 5.10. The van der Waals surface area contributed by atoms with E-state index in [-0.39, 0.29) is 5.91 Å². The van der Waals surface area contributed by atoms with E-state index in [1.807, 2.05) is 31.2 Å². The first-order valence-electron chi connectivity index (χ1n) is 7.63. The van der Waals surface area contributed by atoms with Crippen molar-refractivity contribution in [2.75, 3.05) is 7.11 Å². The van der Waals surface area contributed by atoms with Crippen molar-refractivity contribution in [2.45, 2.75) is 13.3 Å². The van der Waals surface area contributed by atoms with E-state index in [9.17, 15) is 9.59 Å². The molecule has 0 saturated heterocycles. The molecule has 5 heteroatoms. The van der Waals surface area contributed by atoms with Crippen molar-refractivity contribution in [3.8, 4) is 5.75 Å². The summed E-state index contributed by atoms with van der Waals surface area (Å²) < 4.78 is 5.07. The molecule has 2 amide bonds. The predicted molar refractivity (Wildman–Crippen MR) is 93.5 cm³/mol. The Hall–Kier alpha value is -3.08. The molecule has 2 aromatic rings. The molecule has 0 fully saturated rings. The van der Waals surface area contributed by atoms with Crippen LogP contribution in [0, 0.1) is 0 Å². The summed E-state index contributed by atoms with van der Waals surface area (Å²) in [5.41, 5.74) is 7.23. The molecule has 0 aliphatic carbocycles. The van der Waals surface area contributed by atoms with Gasteiger partial charge in [0.2, 0.25) is 0 Å². The number of amides is 2. The zero-order valence-electron chi connectivity index (χ0n) is 13.7. The molecular formula is C19H20N2O3. The molecular weight excluding hydrogens is 304 g/mol. The van der Waals surface area contributed by atoms with Crippen LogP contribution in [0.4, 0.5) is 0 Å². The average molecular weight is 324 g/mol. The Labute approximate surface area is 141 Å². The topological polar surface area (TPSA) is 67.4 Å². The van der Waals surface area contributed by atoms with Crippen LogP contribution >= 0.6 is 0 Å². The predicted octanol–water partition coefficient (Wildman–Crippen LogP) is 2.73. The number of rotatable bonds is 5. The summed E-state index contributed by atoms with van der Waals surface area (Å²) in [5.74, 6) is -0.0221. The molecule has 0 spiro atoms. The first kappa shape index (κ1) is 17.3. The van der Waals surface area contributed by atoms with Crippen LogP contribution in [-0.4, -0.2) is 18.9 Å². The highest BCUT2D eigenvalue weighted by atomic mass is 16.5. The minimum absolute atomic E-state index is 0.358. The van der Waals surface area contributed by atoms with Gasteiger partial charge < -0.3 is 4.74 Å². The summed E-state index contributed by atoms with van der Waals surface area (Å²) in [6.45, 7) is 2.05. The Morgan fingerprint density at radius 3 is 2.25 bits per heavy atom. The number of carbonyl (C=O) groups is 2. The lowest BCUT2D eigenvalue weighted by molar-refractivity contribution is -0.117. The number of nitrogens with one attached hydrogen (secondary N) is 2. The van der Waals surface area contributed by atoms with E-state index < -0.39 is 5.91 Å². The normalized spacial score (nSPS) is 10.4. The summed E-state index contributed by atoms with van der Waals surface area (Å²) >= 11 is 0. The molecule has 0 radical (unpaired) electrons. The van der Waals surface area contributed by atoms with Crippen molar-refractivity contribution >= 4 is 17.9 Å². The molecule has 2 N–H and O–H groups in total. The molecule has 5 nitrogen and oxygen atoms in total. The lowest BCUT2D eigenvalue weighted by Gasteiger charge is -2.06. The maximum absolute atomic E-state index is 11.9. The fourth-order valence-electron chi connectivity index (χ4n) is 2.01. The van der Waals surface area contributed by atoms with Crippen LogP contribution in [0.2, 0.25) is 0 Å². The number of ether oxygens (including phenoxy) is 1.